The van der Waals surface area contributed by atoms with Crippen LogP contribution in [0.3, 0.4) is 0 Å². The molecule has 0 spiro atoms. The Balaban J connectivity index is 0.00000432. The predicted octanol–water partition coefficient (Wildman–Crippen LogP) is 9.12. The molecule has 3 rings (SSSR count). The van der Waals surface area contributed by atoms with Crippen molar-refractivity contribution in [1.82, 2.24) is 4.90 Å². The van der Waals surface area contributed by atoms with Crippen LogP contribution in [0.2, 0.25) is 0 Å². The Morgan fingerprint density at radius 2 is 0.600 bits per heavy atom. The number of hydrogen-bond acceptors (Lipinski definition) is 1. The molecular formula is C34H49N. The second-order valence-corrected chi connectivity index (χ2v) is 11.4. The third-order valence-electron chi connectivity index (χ3n) is 6.22. The summed E-state index contributed by atoms with van der Waals surface area (Å²) in [5.41, 5.74) is 8.48. The van der Waals surface area contributed by atoms with E-state index in [9.17, 15) is 0 Å². The molecule has 35 heavy (non-hydrogen) atoms. The van der Waals surface area contributed by atoms with Crippen molar-refractivity contribution in [3.8, 4) is 0 Å². The molecule has 0 N–H and O–H groups in total. The second kappa shape index (κ2) is 14.2. The van der Waals surface area contributed by atoms with Crippen LogP contribution in [0.4, 0.5) is 0 Å². The van der Waals surface area contributed by atoms with Crippen LogP contribution in [0.25, 0.3) is 0 Å². The van der Waals surface area contributed by atoms with E-state index < -0.39 is 0 Å². The first-order chi connectivity index (χ1) is 16.3. The Morgan fingerprint density at radius 1 is 0.400 bits per heavy atom. The second-order valence-electron chi connectivity index (χ2n) is 11.4. The van der Waals surface area contributed by atoms with Gasteiger partial charge in [-0.25, -0.2) is 0 Å². The topological polar surface area (TPSA) is 3.24 Å². The maximum atomic E-state index is 2.58. The first kappa shape index (κ1) is 28.9. The van der Waals surface area contributed by atoms with Crippen molar-refractivity contribution in [2.75, 3.05) is 0 Å². The van der Waals surface area contributed by atoms with Crippen LogP contribution < -0.4 is 0 Å². The maximum Gasteiger partial charge on any atom is 0.0240 e. The highest BCUT2D eigenvalue weighted by atomic mass is 15.1. The van der Waals surface area contributed by atoms with Crippen molar-refractivity contribution in [3.05, 3.63) is 106 Å². The first-order valence-electron chi connectivity index (χ1n) is 13.2. The van der Waals surface area contributed by atoms with Crippen molar-refractivity contribution in [3.63, 3.8) is 0 Å². The molecule has 0 bridgehead atoms. The minimum atomic E-state index is 0. The Morgan fingerprint density at radius 3 is 0.800 bits per heavy atom. The first-order valence-corrected chi connectivity index (χ1v) is 13.2. The van der Waals surface area contributed by atoms with Crippen LogP contribution in [0, 0.1) is 17.8 Å². The third kappa shape index (κ3) is 10.4. The standard InChI is InChI=1S/C33H45N.CH4/c1-25(2)19-28-7-13-31(14-8-28)22-34(23-32-15-9-29(10-16-32)20-26(3)4)24-33-17-11-30(12-18-33)21-27(5)6;/h7-18,25-27H,19-24H2,1-6H3;1H4. The quantitative estimate of drug-likeness (QED) is 0.254. The van der Waals surface area contributed by atoms with Crippen LogP contribution >= 0.6 is 0 Å². The average molecular weight is 472 g/mol. The molecule has 3 aromatic carbocycles. The highest BCUT2D eigenvalue weighted by Crippen LogP contribution is 2.18. The average Bonchev–Trinajstić information content (AvgIpc) is 2.77. The van der Waals surface area contributed by atoms with Gasteiger partial charge in [0, 0.05) is 19.6 Å². The highest BCUT2D eigenvalue weighted by Gasteiger charge is 2.10. The van der Waals surface area contributed by atoms with Gasteiger partial charge in [0.25, 0.3) is 0 Å². The molecule has 0 amide bonds. The van der Waals surface area contributed by atoms with E-state index in [4.69, 9.17) is 0 Å². The van der Waals surface area contributed by atoms with Gasteiger partial charge >= 0.3 is 0 Å². The summed E-state index contributed by atoms with van der Waals surface area (Å²) < 4.78 is 0. The van der Waals surface area contributed by atoms with Gasteiger partial charge in [-0.1, -0.05) is 122 Å². The molecule has 0 heterocycles. The van der Waals surface area contributed by atoms with E-state index in [1.54, 1.807) is 0 Å². The SMILES string of the molecule is C.CC(C)Cc1ccc(CN(Cc2ccc(CC(C)C)cc2)Cc2ccc(CC(C)C)cc2)cc1. The zero-order valence-corrected chi connectivity index (χ0v) is 22.4. The van der Waals surface area contributed by atoms with E-state index in [2.05, 4.69) is 119 Å². The van der Waals surface area contributed by atoms with E-state index in [0.717, 1.165) is 38.9 Å². The van der Waals surface area contributed by atoms with Crippen molar-refractivity contribution in [2.24, 2.45) is 17.8 Å². The zero-order valence-electron chi connectivity index (χ0n) is 22.4. The fraction of sp³-hybridized carbons (Fsp3) is 0.471. The minimum Gasteiger partial charge on any atom is -0.291 e. The summed E-state index contributed by atoms with van der Waals surface area (Å²) >= 11 is 0. The van der Waals surface area contributed by atoms with Crippen LogP contribution in [-0.2, 0) is 38.9 Å². The van der Waals surface area contributed by atoms with Gasteiger partial charge in [-0.3, -0.25) is 4.90 Å². The zero-order chi connectivity index (χ0) is 24.5. The van der Waals surface area contributed by atoms with Crippen molar-refractivity contribution in [1.29, 1.82) is 0 Å². The molecule has 3 aromatic rings. The third-order valence-corrected chi connectivity index (χ3v) is 6.22. The summed E-state index contributed by atoms with van der Waals surface area (Å²) in [4.78, 5) is 2.58. The summed E-state index contributed by atoms with van der Waals surface area (Å²) in [6.45, 7) is 16.6. The summed E-state index contributed by atoms with van der Waals surface area (Å²) in [7, 11) is 0. The van der Waals surface area contributed by atoms with E-state index in [1.165, 1.54) is 33.4 Å². The van der Waals surface area contributed by atoms with Gasteiger partial charge in [0.05, 0.1) is 0 Å². The molecule has 0 atom stereocenters. The number of rotatable bonds is 12. The molecule has 190 valence electrons. The highest BCUT2D eigenvalue weighted by molar-refractivity contribution is 5.26. The van der Waals surface area contributed by atoms with Gasteiger partial charge in [0.1, 0.15) is 0 Å². The van der Waals surface area contributed by atoms with Crippen LogP contribution in [0.15, 0.2) is 72.8 Å². The number of nitrogens with zero attached hydrogens (tertiary/aromatic N) is 1. The Labute approximate surface area is 216 Å². The normalized spacial score (nSPS) is 11.5. The van der Waals surface area contributed by atoms with Crippen molar-refractivity contribution < 1.29 is 0 Å². The molecule has 0 aliphatic rings. The molecule has 0 saturated heterocycles. The summed E-state index contributed by atoms with van der Waals surface area (Å²) in [6.07, 6.45) is 3.44. The Hall–Kier alpha value is -2.38. The van der Waals surface area contributed by atoms with Crippen LogP contribution in [-0.4, -0.2) is 4.90 Å². The summed E-state index contributed by atoms with van der Waals surface area (Å²) in [6, 6.07) is 27.8. The van der Waals surface area contributed by atoms with Gasteiger partial charge in [0.15, 0.2) is 0 Å². The molecule has 1 heteroatoms. The lowest BCUT2D eigenvalue weighted by molar-refractivity contribution is 0.247. The van der Waals surface area contributed by atoms with Gasteiger partial charge < -0.3 is 0 Å². The van der Waals surface area contributed by atoms with E-state index in [0.29, 0.717) is 17.8 Å². The fourth-order valence-electron chi connectivity index (χ4n) is 4.70. The molecule has 0 aliphatic heterocycles. The molecule has 1 nitrogen and oxygen atoms in total. The number of hydrogen-bond donors (Lipinski definition) is 0. The van der Waals surface area contributed by atoms with Gasteiger partial charge in [-0.15, -0.1) is 0 Å². The predicted molar refractivity (Wildman–Crippen MR) is 155 cm³/mol. The van der Waals surface area contributed by atoms with E-state index in [1.807, 2.05) is 0 Å². The smallest absolute Gasteiger partial charge is 0.0240 e. The summed E-state index contributed by atoms with van der Waals surface area (Å²) in [5, 5.41) is 0. The van der Waals surface area contributed by atoms with Gasteiger partial charge in [0.2, 0.25) is 0 Å². The minimum absolute atomic E-state index is 0. The van der Waals surface area contributed by atoms with Crippen LogP contribution in [0.1, 0.15) is 82.3 Å². The largest absolute Gasteiger partial charge is 0.291 e. The molecule has 0 radical (unpaired) electrons. The lowest BCUT2D eigenvalue weighted by atomic mass is 10.0. The molecule has 0 unspecified atom stereocenters. The van der Waals surface area contributed by atoms with E-state index in [-0.39, 0.29) is 7.43 Å². The van der Waals surface area contributed by atoms with Gasteiger partial charge in [-0.2, -0.15) is 0 Å². The lowest BCUT2D eigenvalue weighted by Crippen LogP contribution is -2.22. The molecular weight excluding hydrogens is 422 g/mol. The number of benzene rings is 3. The van der Waals surface area contributed by atoms with Crippen molar-refractivity contribution >= 4 is 0 Å². The Bertz CT molecular complexity index is 831. The van der Waals surface area contributed by atoms with Gasteiger partial charge in [-0.05, 0) is 70.4 Å². The summed E-state index contributed by atoms with van der Waals surface area (Å²) in [5.74, 6) is 2.08. The molecule has 0 aromatic heterocycles. The lowest BCUT2D eigenvalue weighted by Gasteiger charge is -2.23. The Kier molecular flexibility index (Phi) is 11.7. The van der Waals surface area contributed by atoms with Crippen molar-refractivity contribution in [2.45, 2.75) is 87.9 Å². The maximum absolute atomic E-state index is 2.58. The van der Waals surface area contributed by atoms with Crippen LogP contribution in [0.5, 0.6) is 0 Å². The van der Waals surface area contributed by atoms with E-state index >= 15 is 0 Å². The monoisotopic (exact) mass is 471 g/mol. The molecule has 0 aliphatic carbocycles. The fourth-order valence-corrected chi connectivity index (χ4v) is 4.70. The molecule has 0 fully saturated rings. The molecule has 0 saturated carbocycles.